The molecule has 19 heavy (non-hydrogen) atoms. The molecule has 3 nitrogen and oxygen atoms in total. The Morgan fingerprint density at radius 3 is 2.84 bits per heavy atom. The number of likely N-dealkylation sites (tertiary alicyclic amines) is 1. The van der Waals surface area contributed by atoms with Gasteiger partial charge in [0.15, 0.2) is 0 Å². The van der Waals surface area contributed by atoms with Crippen LogP contribution in [0.1, 0.15) is 23.2 Å². The minimum absolute atomic E-state index is 0. The van der Waals surface area contributed by atoms with Crippen LogP contribution in [0.2, 0.25) is 5.02 Å². The normalized spacial score (nSPS) is 18.9. The van der Waals surface area contributed by atoms with Gasteiger partial charge in [0.2, 0.25) is 0 Å². The summed E-state index contributed by atoms with van der Waals surface area (Å²) in [5.41, 5.74) is 6.01. The predicted octanol–water partition coefficient (Wildman–Crippen LogP) is 3.23. The molecule has 0 radical (unpaired) electrons. The Hall–Kier alpha value is -0.360. The van der Waals surface area contributed by atoms with E-state index in [2.05, 4.69) is 15.9 Å². The Balaban J connectivity index is 0.00000180. The first-order valence-electron chi connectivity index (χ1n) is 5.68. The Kier molecular flexibility index (Phi) is 6.05. The second-order valence-electron chi connectivity index (χ2n) is 4.40. The summed E-state index contributed by atoms with van der Waals surface area (Å²) < 4.78 is 13.7. The van der Waals surface area contributed by atoms with Crippen LogP contribution < -0.4 is 5.73 Å². The van der Waals surface area contributed by atoms with Crippen molar-refractivity contribution in [3.8, 4) is 0 Å². The number of carbonyl (C=O) groups excluding carboxylic acids is 1. The monoisotopic (exact) mass is 370 g/mol. The molecule has 2 N–H and O–H groups in total. The van der Waals surface area contributed by atoms with Crippen molar-refractivity contribution in [2.45, 2.75) is 18.9 Å². The fraction of sp³-hybridized carbons (Fsp3) is 0.417. The van der Waals surface area contributed by atoms with Gasteiger partial charge in [-0.15, -0.1) is 12.4 Å². The summed E-state index contributed by atoms with van der Waals surface area (Å²) in [5, 5.41) is 0.237. The van der Waals surface area contributed by atoms with Gasteiger partial charge in [0.1, 0.15) is 5.82 Å². The standard InChI is InChI=1S/C12H13BrClFN2O.ClH/c13-10-5-7(15)4-9(11(10)14)12(18)17-3-1-2-8(16)6-17;/h4-5,8H,1-3,6,16H2;1H. The number of halogens is 4. The minimum atomic E-state index is -0.490. The van der Waals surface area contributed by atoms with Gasteiger partial charge in [0.25, 0.3) is 5.91 Å². The maximum atomic E-state index is 13.3. The highest BCUT2D eigenvalue weighted by Crippen LogP contribution is 2.29. The molecule has 1 unspecified atom stereocenters. The number of hydrogen-bond donors (Lipinski definition) is 1. The lowest BCUT2D eigenvalue weighted by atomic mass is 10.1. The van der Waals surface area contributed by atoms with Crippen LogP contribution in [0.15, 0.2) is 16.6 Å². The highest BCUT2D eigenvalue weighted by Gasteiger charge is 2.25. The zero-order valence-electron chi connectivity index (χ0n) is 10.0. The Morgan fingerprint density at radius 1 is 1.53 bits per heavy atom. The molecule has 1 heterocycles. The summed E-state index contributed by atoms with van der Waals surface area (Å²) in [7, 11) is 0. The van der Waals surface area contributed by atoms with Gasteiger partial charge in [-0.1, -0.05) is 11.6 Å². The third kappa shape index (κ3) is 3.81. The van der Waals surface area contributed by atoms with Gasteiger partial charge >= 0.3 is 0 Å². The molecule has 0 bridgehead atoms. The number of nitrogens with zero attached hydrogens (tertiary/aromatic N) is 1. The zero-order chi connectivity index (χ0) is 13.3. The molecule has 1 amide bonds. The van der Waals surface area contributed by atoms with Crippen molar-refractivity contribution >= 4 is 45.8 Å². The lowest BCUT2D eigenvalue weighted by Gasteiger charge is -2.31. The number of rotatable bonds is 1. The molecule has 1 atom stereocenters. The SMILES string of the molecule is Cl.NC1CCCN(C(=O)c2cc(F)cc(Br)c2Cl)C1. The summed E-state index contributed by atoms with van der Waals surface area (Å²) in [5.74, 6) is -0.758. The van der Waals surface area contributed by atoms with E-state index in [0.717, 1.165) is 18.9 Å². The van der Waals surface area contributed by atoms with Crippen molar-refractivity contribution in [3.63, 3.8) is 0 Å². The summed E-state index contributed by atoms with van der Waals surface area (Å²) in [4.78, 5) is 13.9. The molecule has 1 aromatic carbocycles. The molecule has 0 spiro atoms. The average Bonchev–Trinajstić information content (AvgIpc) is 2.33. The fourth-order valence-corrected chi connectivity index (χ4v) is 2.70. The quantitative estimate of drug-likeness (QED) is 0.770. The van der Waals surface area contributed by atoms with Gasteiger partial charge in [-0.05, 0) is 40.9 Å². The van der Waals surface area contributed by atoms with E-state index in [1.165, 1.54) is 6.07 Å². The van der Waals surface area contributed by atoms with E-state index in [1.807, 2.05) is 0 Å². The van der Waals surface area contributed by atoms with E-state index >= 15 is 0 Å². The average molecular weight is 372 g/mol. The van der Waals surface area contributed by atoms with Crippen molar-refractivity contribution in [2.24, 2.45) is 5.73 Å². The number of carbonyl (C=O) groups is 1. The van der Waals surface area contributed by atoms with Crippen LogP contribution in [0.5, 0.6) is 0 Å². The number of hydrogen-bond acceptors (Lipinski definition) is 2. The maximum Gasteiger partial charge on any atom is 0.255 e. The molecule has 1 saturated heterocycles. The minimum Gasteiger partial charge on any atom is -0.337 e. The molecule has 2 rings (SSSR count). The number of benzene rings is 1. The van der Waals surface area contributed by atoms with E-state index < -0.39 is 5.82 Å². The van der Waals surface area contributed by atoms with Crippen LogP contribution >= 0.6 is 39.9 Å². The van der Waals surface area contributed by atoms with Gasteiger partial charge in [-0.2, -0.15) is 0 Å². The highest BCUT2D eigenvalue weighted by molar-refractivity contribution is 9.10. The Labute approximate surface area is 130 Å². The van der Waals surface area contributed by atoms with Crippen molar-refractivity contribution in [2.75, 3.05) is 13.1 Å². The van der Waals surface area contributed by atoms with Gasteiger partial charge in [-0.25, -0.2) is 4.39 Å². The van der Waals surface area contributed by atoms with Gasteiger partial charge in [0, 0.05) is 23.6 Å². The maximum absolute atomic E-state index is 13.3. The van der Waals surface area contributed by atoms with E-state index in [9.17, 15) is 9.18 Å². The first kappa shape index (κ1) is 16.7. The molecule has 106 valence electrons. The van der Waals surface area contributed by atoms with E-state index in [0.29, 0.717) is 17.6 Å². The Morgan fingerprint density at radius 2 is 2.21 bits per heavy atom. The lowest BCUT2D eigenvalue weighted by molar-refractivity contribution is 0.0708. The van der Waals surface area contributed by atoms with Crippen molar-refractivity contribution in [1.82, 2.24) is 4.90 Å². The predicted molar refractivity (Wildman–Crippen MR) is 79.5 cm³/mol. The number of nitrogens with two attached hydrogens (primary N) is 1. The highest BCUT2D eigenvalue weighted by atomic mass is 79.9. The molecule has 1 aliphatic rings. The Bertz CT molecular complexity index is 487. The first-order valence-corrected chi connectivity index (χ1v) is 6.85. The van der Waals surface area contributed by atoms with Gasteiger partial charge in [0.05, 0.1) is 10.6 Å². The summed E-state index contributed by atoms with van der Waals surface area (Å²) in [6.45, 7) is 1.13. The number of amides is 1. The second kappa shape index (κ2) is 6.88. The molecular weight excluding hydrogens is 358 g/mol. The van der Waals surface area contributed by atoms with E-state index in [-0.39, 0.29) is 34.9 Å². The van der Waals surface area contributed by atoms with Crippen molar-refractivity contribution < 1.29 is 9.18 Å². The van der Waals surface area contributed by atoms with Crippen LogP contribution in [0.25, 0.3) is 0 Å². The third-order valence-electron chi connectivity index (χ3n) is 2.97. The fourth-order valence-electron chi connectivity index (χ4n) is 2.08. The zero-order valence-corrected chi connectivity index (χ0v) is 13.2. The molecule has 1 fully saturated rings. The van der Waals surface area contributed by atoms with Crippen molar-refractivity contribution in [3.05, 3.63) is 33.0 Å². The molecule has 7 heteroatoms. The van der Waals surface area contributed by atoms with Crippen LogP contribution in [0.4, 0.5) is 4.39 Å². The topological polar surface area (TPSA) is 46.3 Å². The van der Waals surface area contributed by atoms with Gasteiger partial charge in [-0.3, -0.25) is 4.79 Å². The molecule has 0 aromatic heterocycles. The van der Waals surface area contributed by atoms with Crippen LogP contribution in [-0.2, 0) is 0 Å². The van der Waals surface area contributed by atoms with E-state index in [1.54, 1.807) is 4.90 Å². The second-order valence-corrected chi connectivity index (χ2v) is 5.63. The van der Waals surface area contributed by atoms with Crippen LogP contribution in [-0.4, -0.2) is 29.9 Å². The van der Waals surface area contributed by atoms with Crippen LogP contribution in [0.3, 0.4) is 0 Å². The van der Waals surface area contributed by atoms with E-state index in [4.69, 9.17) is 17.3 Å². The smallest absolute Gasteiger partial charge is 0.255 e. The van der Waals surface area contributed by atoms with Gasteiger partial charge < -0.3 is 10.6 Å². The summed E-state index contributed by atoms with van der Waals surface area (Å²) in [6, 6.07) is 2.38. The molecule has 0 saturated carbocycles. The summed E-state index contributed by atoms with van der Waals surface area (Å²) in [6.07, 6.45) is 1.77. The number of piperidine rings is 1. The molecule has 1 aromatic rings. The van der Waals surface area contributed by atoms with Crippen LogP contribution in [0, 0.1) is 5.82 Å². The lowest BCUT2D eigenvalue weighted by Crippen LogP contribution is -2.45. The molecule has 0 aliphatic carbocycles. The molecular formula is C12H14BrCl2FN2O. The summed E-state index contributed by atoms with van der Waals surface area (Å²) >= 11 is 9.16. The molecule has 1 aliphatic heterocycles. The first-order chi connectivity index (χ1) is 8.49. The third-order valence-corrected chi connectivity index (χ3v) is 4.23. The van der Waals surface area contributed by atoms with Crippen molar-refractivity contribution in [1.29, 1.82) is 0 Å². The largest absolute Gasteiger partial charge is 0.337 e.